The van der Waals surface area contributed by atoms with Gasteiger partial charge in [0.2, 0.25) is 0 Å². The first-order valence-corrected chi connectivity index (χ1v) is 6.84. The zero-order valence-corrected chi connectivity index (χ0v) is 11.8. The Hall–Kier alpha value is -1.26. The van der Waals surface area contributed by atoms with Crippen LogP contribution in [-0.2, 0) is 0 Å². The number of halogens is 1. The lowest BCUT2D eigenvalue weighted by Crippen LogP contribution is -2.17. The van der Waals surface area contributed by atoms with Gasteiger partial charge in [0.25, 0.3) is 0 Å². The van der Waals surface area contributed by atoms with Gasteiger partial charge in [0.15, 0.2) is 0 Å². The predicted molar refractivity (Wildman–Crippen MR) is 77.0 cm³/mol. The minimum Gasteiger partial charge on any atom is -0.478 e. The number of aliphatic hydroxyl groups is 1. The number of carbonyl (C=O) groups is 1. The predicted octanol–water partition coefficient (Wildman–Crippen LogP) is 3.25. The number of hydrogen-bond acceptors (Lipinski definition) is 3. The molecule has 0 amide bonds. The van der Waals surface area contributed by atoms with Crippen LogP contribution in [0.25, 0.3) is 0 Å². The van der Waals surface area contributed by atoms with E-state index in [1.165, 1.54) is 0 Å². The maximum absolute atomic E-state index is 11.2. The second-order valence-electron chi connectivity index (χ2n) is 4.52. The lowest BCUT2D eigenvalue weighted by molar-refractivity contribution is 0.0698. The van der Waals surface area contributed by atoms with E-state index in [1.54, 1.807) is 18.2 Å². The van der Waals surface area contributed by atoms with Crippen molar-refractivity contribution in [3.63, 3.8) is 0 Å². The summed E-state index contributed by atoms with van der Waals surface area (Å²) in [6.07, 6.45) is 2.74. The highest BCUT2D eigenvalue weighted by Gasteiger charge is 2.15. The highest BCUT2D eigenvalue weighted by molar-refractivity contribution is 6.34. The van der Waals surface area contributed by atoms with Crippen LogP contribution in [0.5, 0.6) is 0 Å². The van der Waals surface area contributed by atoms with Gasteiger partial charge in [-0.25, -0.2) is 4.79 Å². The normalized spacial score (nSPS) is 12.2. The molecule has 1 aromatic carbocycles. The number of benzene rings is 1. The molecule has 19 heavy (non-hydrogen) atoms. The smallest absolute Gasteiger partial charge is 0.339 e. The number of anilines is 1. The van der Waals surface area contributed by atoms with Crippen LogP contribution >= 0.6 is 11.6 Å². The molecule has 0 radical (unpaired) electrons. The van der Waals surface area contributed by atoms with Gasteiger partial charge in [-0.2, -0.15) is 0 Å². The highest BCUT2D eigenvalue weighted by Crippen LogP contribution is 2.25. The van der Waals surface area contributed by atoms with Crippen LogP contribution in [0.1, 0.15) is 36.5 Å². The van der Waals surface area contributed by atoms with Gasteiger partial charge in [-0.3, -0.25) is 0 Å². The highest BCUT2D eigenvalue weighted by atomic mass is 35.5. The molecule has 0 saturated heterocycles. The van der Waals surface area contributed by atoms with E-state index in [0.29, 0.717) is 24.6 Å². The molecule has 0 heterocycles. The lowest BCUT2D eigenvalue weighted by atomic mass is 10.00. The molecule has 0 aliphatic carbocycles. The molecule has 1 aromatic rings. The first-order valence-electron chi connectivity index (χ1n) is 6.46. The maximum Gasteiger partial charge on any atom is 0.339 e. The Balaban J connectivity index is 2.76. The fraction of sp³-hybridized carbons (Fsp3) is 0.500. The first kappa shape index (κ1) is 15.8. The fourth-order valence-electron chi connectivity index (χ4n) is 2.08. The van der Waals surface area contributed by atoms with Crippen LogP contribution in [-0.4, -0.2) is 29.3 Å². The Kier molecular flexibility index (Phi) is 6.67. The van der Waals surface area contributed by atoms with Crippen molar-refractivity contribution in [1.29, 1.82) is 0 Å². The Bertz CT molecular complexity index is 417. The summed E-state index contributed by atoms with van der Waals surface area (Å²) in [4.78, 5) is 11.2. The molecule has 0 bridgehead atoms. The van der Waals surface area contributed by atoms with Crippen LogP contribution in [0.4, 0.5) is 5.69 Å². The molecule has 5 heteroatoms. The zero-order valence-electron chi connectivity index (χ0n) is 11.0. The average Bonchev–Trinajstić information content (AvgIpc) is 2.36. The summed E-state index contributed by atoms with van der Waals surface area (Å²) in [5.41, 5.74) is 0.627. The van der Waals surface area contributed by atoms with E-state index in [2.05, 4.69) is 12.2 Å². The van der Waals surface area contributed by atoms with E-state index in [1.807, 2.05) is 0 Å². The molecule has 0 aliphatic rings. The molecule has 0 spiro atoms. The van der Waals surface area contributed by atoms with E-state index in [0.717, 1.165) is 12.8 Å². The SMILES string of the molecule is CCCC(CCO)CNc1cccc(Cl)c1C(=O)O. The minimum atomic E-state index is -1.04. The minimum absolute atomic E-state index is 0.100. The molecule has 3 N–H and O–H groups in total. The summed E-state index contributed by atoms with van der Waals surface area (Å²) in [6.45, 7) is 2.87. The Labute approximate surface area is 118 Å². The second-order valence-corrected chi connectivity index (χ2v) is 4.92. The topological polar surface area (TPSA) is 69.6 Å². The van der Waals surface area contributed by atoms with Gasteiger partial charge < -0.3 is 15.5 Å². The van der Waals surface area contributed by atoms with Gasteiger partial charge in [0.05, 0.1) is 10.7 Å². The number of aromatic carboxylic acids is 1. The monoisotopic (exact) mass is 285 g/mol. The van der Waals surface area contributed by atoms with Crippen LogP contribution in [0.2, 0.25) is 5.02 Å². The molecular weight excluding hydrogens is 266 g/mol. The molecule has 1 atom stereocenters. The number of carboxylic acids is 1. The summed E-state index contributed by atoms with van der Waals surface area (Å²) < 4.78 is 0. The summed E-state index contributed by atoms with van der Waals surface area (Å²) in [5.74, 6) is -0.710. The van der Waals surface area contributed by atoms with Gasteiger partial charge in [-0.05, 0) is 30.9 Å². The second kappa shape index (κ2) is 8.02. The standard InChI is InChI=1S/C14H20ClNO3/c1-2-4-10(7-8-17)9-16-12-6-3-5-11(15)13(12)14(18)19/h3,5-6,10,16-17H,2,4,7-9H2,1H3,(H,18,19). The molecular formula is C14H20ClNO3. The van der Waals surface area contributed by atoms with Crippen molar-refractivity contribution in [3.8, 4) is 0 Å². The van der Waals surface area contributed by atoms with Gasteiger partial charge in [0.1, 0.15) is 5.56 Å². The van der Waals surface area contributed by atoms with Crippen molar-refractivity contribution in [2.75, 3.05) is 18.5 Å². The van der Waals surface area contributed by atoms with Gasteiger partial charge in [-0.1, -0.05) is 31.0 Å². The van der Waals surface area contributed by atoms with Gasteiger partial charge >= 0.3 is 5.97 Å². The number of rotatable bonds is 8. The molecule has 1 rings (SSSR count). The number of carboxylic acid groups (broad SMARTS) is 1. The molecule has 106 valence electrons. The van der Waals surface area contributed by atoms with E-state index in [-0.39, 0.29) is 17.2 Å². The van der Waals surface area contributed by atoms with E-state index in [9.17, 15) is 4.79 Å². The maximum atomic E-state index is 11.2. The van der Waals surface area contributed by atoms with E-state index in [4.69, 9.17) is 21.8 Å². The van der Waals surface area contributed by atoms with Crippen molar-refractivity contribution >= 4 is 23.3 Å². The molecule has 1 unspecified atom stereocenters. The van der Waals surface area contributed by atoms with Gasteiger partial charge in [-0.15, -0.1) is 0 Å². The van der Waals surface area contributed by atoms with Gasteiger partial charge in [0, 0.05) is 13.2 Å². The van der Waals surface area contributed by atoms with Crippen LogP contribution in [0.15, 0.2) is 18.2 Å². The molecule has 0 fully saturated rings. The van der Waals surface area contributed by atoms with Crippen molar-refractivity contribution in [2.24, 2.45) is 5.92 Å². The van der Waals surface area contributed by atoms with Crippen LogP contribution in [0, 0.1) is 5.92 Å². The lowest BCUT2D eigenvalue weighted by Gasteiger charge is -2.18. The summed E-state index contributed by atoms with van der Waals surface area (Å²) in [6, 6.07) is 4.99. The quantitative estimate of drug-likeness (QED) is 0.686. The number of hydrogen-bond donors (Lipinski definition) is 3. The molecule has 0 saturated carbocycles. The number of nitrogens with one attached hydrogen (secondary N) is 1. The Morgan fingerprint density at radius 2 is 2.16 bits per heavy atom. The van der Waals surface area contributed by atoms with Crippen LogP contribution in [0.3, 0.4) is 0 Å². The van der Waals surface area contributed by atoms with E-state index < -0.39 is 5.97 Å². The largest absolute Gasteiger partial charge is 0.478 e. The molecule has 4 nitrogen and oxygen atoms in total. The Morgan fingerprint density at radius 3 is 2.74 bits per heavy atom. The van der Waals surface area contributed by atoms with E-state index >= 15 is 0 Å². The van der Waals surface area contributed by atoms with Crippen molar-refractivity contribution in [2.45, 2.75) is 26.2 Å². The van der Waals surface area contributed by atoms with Crippen LogP contribution < -0.4 is 5.32 Å². The zero-order chi connectivity index (χ0) is 14.3. The summed E-state index contributed by atoms with van der Waals surface area (Å²) >= 11 is 5.90. The third kappa shape index (κ3) is 4.73. The number of aliphatic hydroxyl groups excluding tert-OH is 1. The molecule has 0 aliphatic heterocycles. The summed E-state index contributed by atoms with van der Waals surface area (Å²) in [5, 5.41) is 21.5. The Morgan fingerprint density at radius 1 is 1.42 bits per heavy atom. The fourth-order valence-corrected chi connectivity index (χ4v) is 2.34. The molecule has 0 aromatic heterocycles. The van der Waals surface area contributed by atoms with Crippen molar-refractivity contribution in [1.82, 2.24) is 0 Å². The third-order valence-electron chi connectivity index (χ3n) is 3.04. The van der Waals surface area contributed by atoms with Crippen molar-refractivity contribution in [3.05, 3.63) is 28.8 Å². The van der Waals surface area contributed by atoms with Crippen molar-refractivity contribution < 1.29 is 15.0 Å². The first-order chi connectivity index (χ1) is 9.10. The third-order valence-corrected chi connectivity index (χ3v) is 3.36. The average molecular weight is 286 g/mol. The summed E-state index contributed by atoms with van der Waals surface area (Å²) in [7, 11) is 0.